The summed E-state index contributed by atoms with van der Waals surface area (Å²) in [5.74, 6) is 0.481. The summed E-state index contributed by atoms with van der Waals surface area (Å²) < 4.78 is 0. The van der Waals surface area contributed by atoms with Crippen LogP contribution in [-0.2, 0) is 12.8 Å². The lowest BCUT2D eigenvalue weighted by Gasteiger charge is -2.19. The number of hydrogen-bond donors (Lipinski definition) is 1. The lowest BCUT2D eigenvalue weighted by molar-refractivity contribution is -0.374. The molecule has 2 aromatic rings. The Labute approximate surface area is 131 Å². The summed E-state index contributed by atoms with van der Waals surface area (Å²) in [6.45, 7) is 0. The van der Waals surface area contributed by atoms with Crippen LogP contribution in [0.3, 0.4) is 0 Å². The predicted octanol–water partition coefficient (Wildman–Crippen LogP) is 2.57. The largest absolute Gasteiger partial charge is 0.378 e. The Morgan fingerprint density at radius 2 is 1.82 bits per heavy atom. The van der Waals surface area contributed by atoms with Crippen LogP contribution < -0.4 is 15.6 Å². The van der Waals surface area contributed by atoms with Crippen molar-refractivity contribution in [2.45, 2.75) is 25.7 Å². The third-order valence-corrected chi connectivity index (χ3v) is 4.36. The molecule has 0 atom stereocenters. The van der Waals surface area contributed by atoms with Crippen LogP contribution in [0.1, 0.15) is 29.7 Å². The third-order valence-electron chi connectivity index (χ3n) is 4.36. The first-order valence-corrected chi connectivity index (χ1v) is 7.66. The number of benzene rings is 1. The number of nitrogens with zero attached hydrogens (tertiary/aromatic N) is 2. The minimum atomic E-state index is 0.481. The van der Waals surface area contributed by atoms with Gasteiger partial charge in [-0.3, -0.25) is 5.73 Å². The topological polar surface area (TPSA) is 67.2 Å². The Bertz CT molecular complexity index is 739. The van der Waals surface area contributed by atoms with Gasteiger partial charge in [0.05, 0.1) is 0 Å². The van der Waals surface area contributed by atoms with E-state index in [2.05, 4.69) is 40.2 Å². The Kier molecular flexibility index (Phi) is 3.72. The maximum absolute atomic E-state index is 9.55. The van der Waals surface area contributed by atoms with Crippen molar-refractivity contribution in [3.63, 3.8) is 0 Å². The summed E-state index contributed by atoms with van der Waals surface area (Å²) in [6, 6.07) is 10.6. The van der Waals surface area contributed by atoms with Crippen LogP contribution in [0.15, 0.2) is 24.3 Å². The Morgan fingerprint density at radius 3 is 2.45 bits per heavy atom. The molecule has 0 fully saturated rings. The average molecular weight is 293 g/mol. The van der Waals surface area contributed by atoms with Gasteiger partial charge in [0, 0.05) is 37.3 Å². The summed E-state index contributed by atoms with van der Waals surface area (Å²) >= 11 is 0. The van der Waals surface area contributed by atoms with Crippen LogP contribution in [0.2, 0.25) is 0 Å². The maximum Gasteiger partial charge on any atom is 0.289 e. The van der Waals surface area contributed by atoms with E-state index in [0.717, 1.165) is 29.7 Å². The van der Waals surface area contributed by atoms with Gasteiger partial charge in [-0.05, 0) is 37.0 Å². The molecule has 0 spiro atoms. The number of hydrogen-bond acceptors (Lipinski definition) is 3. The smallest absolute Gasteiger partial charge is 0.289 e. The number of nitrogens with two attached hydrogens (primary N) is 1. The highest BCUT2D eigenvalue weighted by Crippen LogP contribution is 2.34. The fourth-order valence-corrected chi connectivity index (χ4v) is 3.19. The van der Waals surface area contributed by atoms with E-state index in [1.165, 1.54) is 24.1 Å². The second-order valence-electron chi connectivity index (χ2n) is 6.01. The van der Waals surface area contributed by atoms with Gasteiger partial charge in [-0.15, -0.1) is 0 Å². The molecule has 1 aliphatic carbocycles. The van der Waals surface area contributed by atoms with E-state index in [1.807, 2.05) is 14.1 Å². The number of aromatic amines is 1. The summed E-state index contributed by atoms with van der Waals surface area (Å²) in [6.07, 6.45) is 4.35. The van der Waals surface area contributed by atoms with E-state index in [-0.39, 0.29) is 0 Å². The lowest BCUT2D eigenvalue weighted by atomic mass is 9.86. The highest BCUT2D eigenvalue weighted by atomic mass is 15.1. The minimum Gasteiger partial charge on any atom is -0.378 e. The van der Waals surface area contributed by atoms with Crippen LogP contribution in [0.25, 0.3) is 11.1 Å². The number of aryl methyl sites for hydroxylation is 1. The van der Waals surface area contributed by atoms with Crippen molar-refractivity contribution in [3.05, 3.63) is 41.1 Å². The van der Waals surface area contributed by atoms with Gasteiger partial charge in [0.15, 0.2) is 0 Å². The number of rotatable bonds is 2. The van der Waals surface area contributed by atoms with Crippen LogP contribution >= 0.6 is 0 Å². The van der Waals surface area contributed by atoms with Gasteiger partial charge >= 0.3 is 0 Å². The quantitative estimate of drug-likeness (QED) is 0.925. The molecule has 4 nitrogen and oxygen atoms in total. The Morgan fingerprint density at radius 1 is 1.14 bits per heavy atom. The molecule has 1 aliphatic rings. The van der Waals surface area contributed by atoms with E-state index >= 15 is 0 Å². The molecular formula is C18H21N4+. The molecule has 0 bridgehead atoms. The zero-order chi connectivity index (χ0) is 15.7. The molecule has 3 rings (SSSR count). The molecule has 1 aromatic heterocycles. The molecule has 0 saturated carbocycles. The number of anilines is 2. The molecule has 0 amide bonds. The van der Waals surface area contributed by atoms with Crippen molar-refractivity contribution in [1.29, 1.82) is 5.26 Å². The lowest BCUT2D eigenvalue weighted by Crippen LogP contribution is -2.24. The fourth-order valence-electron chi connectivity index (χ4n) is 3.19. The van der Waals surface area contributed by atoms with Crippen molar-refractivity contribution in [3.8, 4) is 17.2 Å². The van der Waals surface area contributed by atoms with E-state index in [4.69, 9.17) is 5.73 Å². The molecule has 22 heavy (non-hydrogen) atoms. The van der Waals surface area contributed by atoms with Gasteiger partial charge in [0.1, 0.15) is 17.3 Å². The highest BCUT2D eigenvalue weighted by Gasteiger charge is 2.24. The molecule has 4 heteroatoms. The van der Waals surface area contributed by atoms with Crippen molar-refractivity contribution in [1.82, 2.24) is 0 Å². The summed E-state index contributed by atoms with van der Waals surface area (Å²) in [7, 11) is 4.04. The second-order valence-corrected chi connectivity index (χ2v) is 6.01. The van der Waals surface area contributed by atoms with Gasteiger partial charge in [0.25, 0.3) is 5.82 Å². The normalized spacial score (nSPS) is 13.3. The molecule has 1 aromatic carbocycles. The molecule has 1 heterocycles. The first-order valence-electron chi connectivity index (χ1n) is 7.66. The molecule has 0 aliphatic heterocycles. The van der Waals surface area contributed by atoms with E-state index in [1.54, 1.807) is 0 Å². The first-order chi connectivity index (χ1) is 10.6. The van der Waals surface area contributed by atoms with Gasteiger partial charge in [-0.1, -0.05) is 12.1 Å². The minimum absolute atomic E-state index is 0.481. The molecule has 0 unspecified atom stereocenters. The van der Waals surface area contributed by atoms with Gasteiger partial charge in [0.2, 0.25) is 0 Å². The monoisotopic (exact) mass is 293 g/mol. The van der Waals surface area contributed by atoms with E-state index in [0.29, 0.717) is 11.4 Å². The fraction of sp³-hybridized carbons (Fsp3) is 0.333. The number of H-pyrrole nitrogens is 1. The average Bonchev–Trinajstić information content (AvgIpc) is 2.53. The number of aromatic nitrogens is 1. The van der Waals surface area contributed by atoms with Crippen molar-refractivity contribution < 1.29 is 4.98 Å². The molecular weight excluding hydrogens is 272 g/mol. The molecule has 0 radical (unpaired) electrons. The maximum atomic E-state index is 9.55. The van der Waals surface area contributed by atoms with Gasteiger partial charge in [-0.2, -0.15) is 5.26 Å². The van der Waals surface area contributed by atoms with Crippen LogP contribution in [0.4, 0.5) is 11.5 Å². The number of nitriles is 1. The SMILES string of the molecule is CN(C)c1ccc(-c2c(C#N)c(N)[nH+]c3c2CCCC3)cc1. The number of nitrogen functional groups attached to an aromatic ring is 1. The summed E-state index contributed by atoms with van der Waals surface area (Å²) in [5, 5.41) is 9.55. The van der Waals surface area contributed by atoms with Crippen molar-refractivity contribution in [2.24, 2.45) is 0 Å². The van der Waals surface area contributed by atoms with Gasteiger partial charge < -0.3 is 4.90 Å². The standard InChI is InChI=1S/C18H20N4/c1-22(2)13-9-7-12(8-10-13)17-14-5-3-4-6-16(14)21-18(20)15(17)11-19/h7-10H,3-6H2,1-2H3,(H2,20,21)/p+1. The van der Waals surface area contributed by atoms with E-state index in [9.17, 15) is 5.26 Å². The van der Waals surface area contributed by atoms with Crippen LogP contribution in [0.5, 0.6) is 0 Å². The van der Waals surface area contributed by atoms with Crippen LogP contribution in [-0.4, -0.2) is 14.1 Å². The van der Waals surface area contributed by atoms with Gasteiger partial charge in [-0.25, -0.2) is 4.98 Å². The Hall–Kier alpha value is -2.54. The number of fused-ring (bicyclic) bond motifs is 1. The van der Waals surface area contributed by atoms with Crippen LogP contribution in [0, 0.1) is 11.3 Å². The van der Waals surface area contributed by atoms with E-state index < -0.39 is 0 Å². The van der Waals surface area contributed by atoms with Crippen molar-refractivity contribution in [2.75, 3.05) is 24.7 Å². The molecule has 112 valence electrons. The third kappa shape index (κ3) is 2.39. The number of pyridine rings is 1. The molecule has 3 N–H and O–H groups in total. The zero-order valence-corrected chi connectivity index (χ0v) is 13.1. The summed E-state index contributed by atoms with van der Waals surface area (Å²) in [5.41, 5.74) is 12.3. The highest BCUT2D eigenvalue weighted by molar-refractivity contribution is 5.78. The predicted molar refractivity (Wildman–Crippen MR) is 88.5 cm³/mol. The second kappa shape index (κ2) is 5.69. The molecule has 0 saturated heterocycles. The summed E-state index contributed by atoms with van der Waals surface area (Å²) in [4.78, 5) is 5.30. The Balaban J connectivity index is 2.20. The van der Waals surface area contributed by atoms with Crippen molar-refractivity contribution >= 4 is 11.5 Å². The zero-order valence-electron chi connectivity index (χ0n) is 13.1. The first kappa shape index (κ1) is 14.4. The number of nitrogens with one attached hydrogen (secondary N) is 1.